The van der Waals surface area contributed by atoms with E-state index in [0.29, 0.717) is 5.56 Å². The Morgan fingerprint density at radius 2 is 2.12 bits per heavy atom. The number of urea groups is 1. The number of nitrogens with one attached hydrogen (secondary N) is 1. The standard InChI is InChI=1S/C9H10N4O3/c10-9(15)12-8(14)6-13-3-1-7(2-4-13)5-11-16/h1-5H,6H2,(H3,10,12,14,15)/p+1. The molecule has 1 heterocycles. The quantitative estimate of drug-likeness (QED) is 0.264. The Hall–Kier alpha value is -2.44. The van der Waals surface area contributed by atoms with Gasteiger partial charge in [-0.05, 0) is 0 Å². The molecule has 4 N–H and O–H groups in total. The van der Waals surface area contributed by atoms with Crippen molar-refractivity contribution in [2.45, 2.75) is 6.54 Å². The van der Waals surface area contributed by atoms with E-state index in [2.05, 4.69) is 5.16 Å². The maximum Gasteiger partial charge on any atom is 0.319 e. The topological polar surface area (TPSA) is 109 Å². The van der Waals surface area contributed by atoms with Crippen molar-refractivity contribution >= 4 is 18.2 Å². The van der Waals surface area contributed by atoms with Crippen molar-refractivity contribution < 1.29 is 19.4 Å². The second-order valence-corrected chi connectivity index (χ2v) is 2.96. The third-order valence-corrected chi connectivity index (χ3v) is 1.71. The molecule has 1 aromatic heterocycles. The van der Waals surface area contributed by atoms with Crippen molar-refractivity contribution in [3.05, 3.63) is 30.1 Å². The smallest absolute Gasteiger partial charge is 0.319 e. The highest BCUT2D eigenvalue weighted by molar-refractivity contribution is 5.92. The molecule has 0 fully saturated rings. The van der Waals surface area contributed by atoms with Crippen LogP contribution in [0.3, 0.4) is 0 Å². The number of hydrogen-bond donors (Lipinski definition) is 3. The number of hydrogen-bond acceptors (Lipinski definition) is 4. The van der Waals surface area contributed by atoms with E-state index in [9.17, 15) is 9.59 Å². The van der Waals surface area contributed by atoms with Gasteiger partial charge in [-0.3, -0.25) is 10.1 Å². The summed E-state index contributed by atoms with van der Waals surface area (Å²) < 4.78 is 1.55. The Kier molecular flexibility index (Phi) is 3.96. The third-order valence-electron chi connectivity index (χ3n) is 1.71. The monoisotopic (exact) mass is 223 g/mol. The predicted molar refractivity (Wildman–Crippen MR) is 53.7 cm³/mol. The highest BCUT2D eigenvalue weighted by Crippen LogP contribution is 1.89. The number of nitrogens with two attached hydrogens (primary N) is 1. The fraction of sp³-hybridized carbons (Fsp3) is 0.111. The van der Waals surface area contributed by atoms with Gasteiger partial charge in [0, 0.05) is 17.7 Å². The number of nitrogens with zero attached hydrogens (tertiary/aromatic N) is 2. The van der Waals surface area contributed by atoms with Crippen molar-refractivity contribution in [3.8, 4) is 0 Å². The molecule has 0 saturated heterocycles. The minimum absolute atomic E-state index is 0.0144. The van der Waals surface area contributed by atoms with Gasteiger partial charge >= 0.3 is 6.03 Å². The Balaban J connectivity index is 2.61. The maximum atomic E-state index is 11.1. The summed E-state index contributed by atoms with van der Waals surface area (Å²) in [5, 5.41) is 13.1. The van der Waals surface area contributed by atoms with Gasteiger partial charge in [0.05, 0.1) is 6.21 Å². The lowest BCUT2D eigenvalue weighted by molar-refractivity contribution is -0.684. The first kappa shape index (κ1) is 11.6. The van der Waals surface area contributed by atoms with Gasteiger partial charge in [-0.2, -0.15) is 4.57 Å². The van der Waals surface area contributed by atoms with Crippen LogP contribution in [0.4, 0.5) is 4.79 Å². The Morgan fingerprint density at radius 3 is 2.62 bits per heavy atom. The first-order valence-corrected chi connectivity index (χ1v) is 4.37. The van der Waals surface area contributed by atoms with E-state index in [1.165, 1.54) is 6.21 Å². The molecular weight excluding hydrogens is 212 g/mol. The van der Waals surface area contributed by atoms with E-state index in [-0.39, 0.29) is 6.54 Å². The lowest BCUT2D eigenvalue weighted by Crippen LogP contribution is -2.45. The van der Waals surface area contributed by atoms with Crippen LogP contribution in [0.15, 0.2) is 29.7 Å². The number of pyridine rings is 1. The summed E-state index contributed by atoms with van der Waals surface area (Å²) in [5.41, 5.74) is 5.47. The largest absolute Gasteiger partial charge is 0.411 e. The van der Waals surface area contributed by atoms with Gasteiger partial charge in [-0.1, -0.05) is 5.16 Å². The summed E-state index contributed by atoms with van der Waals surface area (Å²) in [5.74, 6) is -0.499. The molecule has 7 heteroatoms. The fourth-order valence-corrected chi connectivity index (χ4v) is 1.07. The molecule has 1 aromatic rings. The van der Waals surface area contributed by atoms with E-state index in [1.54, 1.807) is 29.1 Å². The lowest BCUT2D eigenvalue weighted by atomic mass is 10.3. The van der Waals surface area contributed by atoms with E-state index < -0.39 is 11.9 Å². The van der Waals surface area contributed by atoms with E-state index >= 15 is 0 Å². The van der Waals surface area contributed by atoms with Gasteiger partial charge in [0.15, 0.2) is 12.4 Å². The second kappa shape index (κ2) is 5.44. The minimum Gasteiger partial charge on any atom is -0.411 e. The van der Waals surface area contributed by atoms with Crippen molar-refractivity contribution in [3.63, 3.8) is 0 Å². The zero-order valence-corrected chi connectivity index (χ0v) is 8.33. The predicted octanol–water partition coefficient (Wildman–Crippen LogP) is -1.02. The molecule has 0 aliphatic heterocycles. The van der Waals surface area contributed by atoms with Crippen LogP contribution in [0.5, 0.6) is 0 Å². The number of oxime groups is 1. The summed E-state index contributed by atoms with van der Waals surface area (Å²) >= 11 is 0. The summed E-state index contributed by atoms with van der Waals surface area (Å²) in [6.07, 6.45) is 4.48. The summed E-state index contributed by atoms with van der Waals surface area (Å²) in [6, 6.07) is 2.42. The molecule has 0 saturated carbocycles. The molecule has 0 bridgehead atoms. The van der Waals surface area contributed by atoms with Gasteiger partial charge in [0.2, 0.25) is 6.54 Å². The van der Waals surface area contributed by atoms with Crippen LogP contribution in [0.1, 0.15) is 5.56 Å². The van der Waals surface area contributed by atoms with E-state index in [0.717, 1.165) is 0 Å². The molecule has 0 atom stereocenters. The molecular formula is C9H11N4O3+. The van der Waals surface area contributed by atoms with Gasteiger partial charge in [0.25, 0.3) is 5.91 Å². The first-order valence-electron chi connectivity index (χ1n) is 4.37. The summed E-state index contributed by atoms with van der Waals surface area (Å²) in [7, 11) is 0. The van der Waals surface area contributed by atoms with Gasteiger partial charge in [-0.25, -0.2) is 4.79 Å². The van der Waals surface area contributed by atoms with Gasteiger partial charge in [-0.15, -0.1) is 0 Å². The zero-order chi connectivity index (χ0) is 12.0. The molecule has 1 rings (SSSR count). The van der Waals surface area contributed by atoms with E-state index in [4.69, 9.17) is 10.9 Å². The van der Waals surface area contributed by atoms with Crippen molar-refractivity contribution in [2.24, 2.45) is 10.9 Å². The number of imide groups is 1. The molecule has 0 unspecified atom stereocenters. The number of rotatable bonds is 3. The normalized spacial score (nSPS) is 10.2. The molecule has 0 aliphatic carbocycles. The molecule has 84 valence electrons. The molecule has 0 aliphatic rings. The number of carbonyl (C=O) groups excluding carboxylic acids is 2. The average molecular weight is 223 g/mol. The van der Waals surface area contributed by atoms with Crippen molar-refractivity contribution in [1.82, 2.24) is 5.32 Å². The SMILES string of the molecule is NC(=O)NC(=O)C[n+]1ccc(/C=N\O)cc1. The van der Waals surface area contributed by atoms with Crippen LogP contribution < -0.4 is 15.6 Å². The first-order chi connectivity index (χ1) is 7.61. The summed E-state index contributed by atoms with van der Waals surface area (Å²) in [6.45, 7) is -0.0144. The Bertz CT molecular complexity index is 413. The maximum absolute atomic E-state index is 11.1. The number of amides is 3. The third kappa shape index (κ3) is 3.74. The Labute approximate surface area is 91.2 Å². The molecule has 3 amide bonds. The van der Waals surface area contributed by atoms with Gasteiger partial charge < -0.3 is 10.9 Å². The Morgan fingerprint density at radius 1 is 1.50 bits per heavy atom. The summed E-state index contributed by atoms with van der Waals surface area (Å²) in [4.78, 5) is 21.5. The second-order valence-electron chi connectivity index (χ2n) is 2.96. The van der Waals surface area contributed by atoms with Crippen LogP contribution in [0, 0.1) is 0 Å². The zero-order valence-electron chi connectivity index (χ0n) is 8.33. The average Bonchev–Trinajstić information content (AvgIpc) is 2.20. The molecule has 0 spiro atoms. The van der Waals surface area contributed by atoms with Gasteiger partial charge in [0.1, 0.15) is 0 Å². The number of primary amides is 1. The van der Waals surface area contributed by atoms with Crippen molar-refractivity contribution in [1.29, 1.82) is 0 Å². The van der Waals surface area contributed by atoms with Crippen LogP contribution in [-0.4, -0.2) is 23.4 Å². The minimum atomic E-state index is -0.880. The van der Waals surface area contributed by atoms with E-state index in [1.807, 2.05) is 5.32 Å². The van der Waals surface area contributed by atoms with Crippen LogP contribution >= 0.6 is 0 Å². The van der Waals surface area contributed by atoms with Crippen LogP contribution in [0.25, 0.3) is 0 Å². The molecule has 0 radical (unpaired) electrons. The molecule has 16 heavy (non-hydrogen) atoms. The van der Waals surface area contributed by atoms with Crippen LogP contribution in [0.2, 0.25) is 0 Å². The molecule has 7 nitrogen and oxygen atoms in total. The number of aromatic nitrogens is 1. The lowest BCUT2D eigenvalue weighted by Gasteiger charge is -1.97. The van der Waals surface area contributed by atoms with Crippen molar-refractivity contribution in [2.75, 3.05) is 0 Å². The highest BCUT2D eigenvalue weighted by atomic mass is 16.4. The number of carbonyl (C=O) groups is 2. The highest BCUT2D eigenvalue weighted by Gasteiger charge is 2.10. The molecule has 0 aromatic carbocycles. The van der Waals surface area contributed by atoms with Crippen LogP contribution in [-0.2, 0) is 11.3 Å². The fourth-order valence-electron chi connectivity index (χ4n) is 1.07.